The number of likely N-dealkylation sites (tertiary alicyclic amines) is 1. The second kappa shape index (κ2) is 10.0. The molecule has 1 aromatic carbocycles. The van der Waals surface area contributed by atoms with Crippen LogP contribution in [0.15, 0.2) is 35.1 Å². The van der Waals surface area contributed by atoms with Crippen LogP contribution in [0.3, 0.4) is 0 Å². The van der Waals surface area contributed by atoms with Gasteiger partial charge in [-0.3, -0.25) is 9.59 Å². The molecule has 0 spiro atoms. The highest BCUT2D eigenvalue weighted by molar-refractivity contribution is 5.81. The van der Waals surface area contributed by atoms with Crippen LogP contribution >= 0.6 is 0 Å². The summed E-state index contributed by atoms with van der Waals surface area (Å²) in [4.78, 5) is 42.7. The first-order valence-corrected chi connectivity index (χ1v) is 13.0. The summed E-state index contributed by atoms with van der Waals surface area (Å²) in [5.74, 6) is 0.111. The van der Waals surface area contributed by atoms with Crippen molar-refractivity contribution in [3.05, 3.63) is 46.2 Å². The minimum Gasteiger partial charge on any atom is -0.465 e. The summed E-state index contributed by atoms with van der Waals surface area (Å²) < 4.78 is 1.67. The zero-order chi connectivity index (χ0) is 25.3. The summed E-state index contributed by atoms with van der Waals surface area (Å²) in [6.45, 7) is 6.83. The molecule has 2 amide bonds. The van der Waals surface area contributed by atoms with Gasteiger partial charge in [0.25, 0.3) is 5.56 Å². The van der Waals surface area contributed by atoms with Crippen LogP contribution in [-0.2, 0) is 18.4 Å². The van der Waals surface area contributed by atoms with Crippen molar-refractivity contribution in [3.63, 3.8) is 0 Å². The number of aryl methyl sites for hydroxylation is 1. The van der Waals surface area contributed by atoms with E-state index in [1.807, 2.05) is 35.2 Å². The second-order valence-corrected chi connectivity index (χ2v) is 11.4. The van der Waals surface area contributed by atoms with Crippen LogP contribution in [0.25, 0.3) is 10.9 Å². The molecule has 1 aromatic heterocycles. The Morgan fingerprint density at radius 1 is 1.09 bits per heavy atom. The fourth-order valence-electron chi connectivity index (χ4n) is 6.04. The Hall–Kier alpha value is -2.83. The van der Waals surface area contributed by atoms with E-state index in [2.05, 4.69) is 20.8 Å². The van der Waals surface area contributed by atoms with Crippen LogP contribution in [0.5, 0.6) is 0 Å². The zero-order valence-corrected chi connectivity index (χ0v) is 21.5. The summed E-state index contributed by atoms with van der Waals surface area (Å²) in [6, 6.07) is 9.43. The maximum atomic E-state index is 13.9. The number of carboxylic acid groups (broad SMARTS) is 1. The monoisotopic (exact) mass is 481 g/mol. The molecule has 2 aromatic rings. The first-order valence-electron chi connectivity index (χ1n) is 13.0. The van der Waals surface area contributed by atoms with Crippen LogP contribution in [0.1, 0.15) is 71.3 Å². The summed E-state index contributed by atoms with van der Waals surface area (Å²) >= 11 is 0. The number of hydrogen-bond acceptors (Lipinski definition) is 3. The third-order valence-electron chi connectivity index (χ3n) is 8.05. The Labute approximate surface area is 207 Å². The maximum Gasteiger partial charge on any atom is 0.407 e. The van der Waals surface area contributed by atoms with E-state index in [0.717, 1.165) is 43.0 Å². The van der Waals surface area contributed by atoms with Gasteiger partial charge in [0.05, 0.1) is 12.1 Å². The largest absolute Gasteiger partial charge is 0.465 e. The van der Waals surface area contributed by atoms with Gasteiger partial charge in [0.1, 0.15) is 0 Å². The Balaban J connectivity index is 1.70. The van der Waals surface area contributed by atoms with Gasteiger partial charge < -0.3 is 19.5 Å². The quantitative estimate of drug-likeness (QED) is 0.666. The number of fused-ring (bicyclic) bond motifs is 1. The van der Waals surface area contributed by atoms with Crippen molar-refractivity contribution < 1.29 is 14.7 Å². The molecule has 2 unspecified atom stereocenters. The molecule has 190 valence electrons. The van der Waals surface area contributed by atoms with Gasteiger partial charge in [-0.05, 0) is 48.6 Å². The Bertz CT molecular complexity index is 1140. The van der Waals surface area contributed by atoms with Crippen LogP contribution in [0.4, 0.5) is 4.79 Å². The van der Waals surface area contributed by atoms with E-state index in [1.54, 1.807) is 11.6 Å². The molecule has 1 saturated heterocycles. The summed E-state index contributed by atoms with van der Waals surface area (Å²) in [7, 11) is 1.78. The molecule has 7 nitrogen and oxygen atoms in total. The Kier molecular flexibility index (Phi) is 7.25. The fourth-order valence-corrected chi connectivity index (χ4v) is 6.04. The number of amides is 2. The van der Waals surface area contributed by atoms with Crippen molar-refractivity contribution in [1.82, 2.24) is 14.4 Å². The molecule has 1 saturated carbocycles. The number of para-hydroxylation sites is 1. The molecule has 2 aliphatic rings. The average molecular weight is 482 g/mol. The third-order valence-corrected chi connectivity index (χ3v) is 8.05. The summed E-state index contributed by atoms with van der Waals surface area (Å²) in [6.07, 6.45) is 5.33. The minimum absolute atomic E-state index is 0.0151. The Morgan fingerprint density at radius 2 is 1.77 bits per heavy atom. The van der Waals surface area contributed by atoms with Gasteiger partial charge in [-0.1, -0.05) is 58.2 Å². The van der Waals surface area contributed by atoms with Crippen molar-refractivity contribution in [2.45, 2.75) is 84.3 Å². The highest BCUT2D eigenvalue weighted by Crippen LogP contribution is 2.36. The van der Waals surface area contributed by atoms with Gasteiger partial charge in [-0.25, -0.2) is 4.79 Å². The van der Waals surface area contributed by atoms with E-state index in [9.17, 15) is 19.5 Å². The first-order chi connectivity index (χ1) is 16.6. The summed E-state index contributed by atoms with van der Waals surface area (Å²) in [5, 5.41) is 10.8. The predicted molar refractivity (Wildman–Crippen MR) is 137 cm³/mol. The average Bonchev–Trinajstić information content (AvgIpc) is 2.84. The molecule has 2 atom stereocenters. The number of rotatable bonds is 4. The number of piperidine rings is 1. The minimum atomic E-state index is -0.906. The van der Waals surface area contributed by atoms with Gasteiger partial charge in [0.2, 0.25) is 5.91 Å². The van der Waals surface area contributed by atoms with Crippen LogP contribution in [-0.4, -0.2) is 50.1 Å². The number of aromatic nitrogens is 1. The molecular weight excluding hydrogens is 442 g/mol. The van der Waals surface area contributed by atoms with E-state index in [4.69, 9.17) is 0 Å². The summed E-state index contributed by atoms with van der Waals surface area (Å²) in [5.41, 5.74) is 1.15. The van der Waals surface area contributed by atoms with Crippen molar-refractivity contribution >= 4 is 22.9 Å². The SMILES string of the molecule is Cn1c(=O)c(CN(C(=O)C2CCCCC2)C2CCN(C(=O)O)C(C(C)(C)C)C2)cc2ccccc21. The van der Waals surface area contributed by atoms with E-state index in [0.29, 0.717) is 24.9 Å². The predicted octanol–water partition coefficient (Wildman–Crippen LogP) is 5.00. The van der Waals surface area contributed by atoms with Crippen molar-refractivity contribution in [2.24, 2.45) is 18.4 Å². The lowest BCUT2D eigenvalue weighted by molar-refractivity contribution is -0.141. The lowest BCUT2D eigenvalue weighted by Gasteiger charge is -2.48. The molecule has 0 radical (unpaired) electrons. The van der Waals surface area contributed by atoms with Crippen LogP contribution in [0.2, 0.25) is 0 Å². The number of pyridine rings is 1. The highest BCUT2D eigenvalue weighted by atomic mass is 16.4. The number of nitrogens with zero attached hydrogens (tertiary/aromatic N) is 3. The van der Waals surface area contributed by atoms with Gasteiger partial charge in [0, 0.05) is 37.2 Å². The zero-order valence-electron chi connectivity index (χ0n) is 21.5. The van der Waals surface area contributed by atoms with E-state index in [-0.39, 0.29) is 41.4 Å². The van der Waals surface area contributed by atoms with Crippen LogP contribution in [0, 0.1) is 11.3 Å². The smallest absolute Gasteiger partial charge is 0.407 e. The van der Waals surface area contributed by atoms with Gasteiger partial charge in [-0.2, -0.15) is 0 Å². The lowest BCUT2D eigenvalue weighted by Crippen LogP contribution is -2.57. The first kappa shape index (κ1) is 25.3. The van der Waals surface area contributed by atoms with Crippen molar-refractivity contribution in [3.8, 4) is 0 Å². The van der Waals surface area contributed by atoms with E-state index >= 15 is 0 Å². The van der Waals surface area contributed by atoms with Crippen molar-refractivity contribution in [1.29, 1.82) is 0 Å². The highest BCUT2D eigenvalue weighted by Gasteiger charge is 2.42. The van der Waals surface area contributed by atoms with E-state index < -0.39 is 6.09 Å². The van der Waals surface area contributed by atoms with Gasteiger partial charge in [-0.15, -0.1) is 0 Å². The molecule has 35 heavy (non-hydrogen) atoms. The number of benzene rings is 1. The maximum absolute atomic E-state index is 13.9. The normalized spacial score (nSPS) is 21.8. The topological polar surface area (TPSA) is 82.9 Å². The van der Waals surface area contributed by atoms with Crippen molar-refractivity contribution in [2.75, 3.05) is 6.54 Å². The van der Waals surface area contributed by atoms with Gasteiger partial charge in [0.15, 0.2) is 0 Å². The molecule has 1 aliphatic heterocycles. The second-order valence-electron chi connectivity index (χ2n) is 11.4. The molecule has 4 rings (SSSR count). The van der Waals surface area contributed by atoms with Gasteiger partial charge >= 0.3 is 6.09 Å². The van der Waals surface area contributed by atoms with E-state index in [1.165, 1.54) is 4.90 Å². The number of carbonyl (C=O) groups excluding carboxylic acids is 1. The Morgan fingerprint density at radius 3 is 2.43 bits per heavy atom. The third kappa shape index (κ3) is 5.24. The molecule has 2 fully saturated rings. The molecular formula is C28H39N3O4. The molecule has 1 N–H and O–H groups in total. The molecule has 0 bridgehead atoms. The van der Waals surface area contributed by atoms with Crippen LogP contribution < -0.4 is 5.56 Å². The molecule has 2 heterocycles. The molecule has 1 aliphatic carbocycles. The standard InChI is InChI=1S/C28H39N3O4/c1-28(2,3)24-17-22(14-15-30(24)27(34)35)31(26(33)19-10-6-5-7-11-19)18-21-16-20-12-8-9-13-23(20)29(4)25(21)32/h8-9,12-13,16,19,22,24H,5-7,10-11,14-15,17-18H2,1-4H3,(H,34,35). The number of hydrogen-bond donors (Lipinski definition) is 1. The number of carbonyl (C=O) groups is 2. The lowest BCUT2D eigenvalue weighted by atomic mass is 9.78. The fraction of sp³-hybridized carbons (Fsp3) is 0.607. The molecule has 7 heteroatoms.